The van der Waals surface area contributed by atoms with Crippen molar-refractivity contribution in [1.29, 1.82) is 0 Å². The standard InChI is InChI=1S/C19H16ClFN2O5/c20-16-8-7-14(23(26)27)9-15(16)19(25)28-11-18(24)22(13-5-6-13)10-12-3-1-2-4-17(12)21/h1-4,7-9,13H,5-6,10-11H2. The average molecular weight is 407 g/mol. The van der Waals surface area contributed by atoms with E-state index in [4.69, 9.17) is 16.3 Å². The van der Waals surface area contributed by atoms with E-state index in [2.05, 4.69) is 0 Å². The normalized spacial score (nSPS) is 13.1. The molecule has 1 aliphatic carbocycles. The number of ether oxygens (including phenoxy) is 1. The van der Waals surface area contributed by atoms with Gasteiger partial charge in [0.25, 0.3) is 11.6 Å². The lowest BCUT2D eigenvalue weighted by Gasteiger charge is -2.22. The minimum Gasteiger partial charge on any atom is -0.452 e. The highest BCUT2D eigenvalue weighted by Crippen LogP contribution is 2.29. The highest BCUT2D eigenvalue weighted by atomic mass is 35.5. The second kappa shape index (κ2) is 8.35. The van der Waals surface area contributed by atoms with E-state index in [-0.39, 0.29) is 28.9 Å². The Bertz CT molecular complexity index is 932. The van der Waals surface area contributed by atoms with Crippen molar-refractivity contribution < 1.29 is 23.6 Å². The molecule has 9 heteroatoms. The summed E-state index contributed by atoms with van der Waals surface area (Å²) in [6.07, 6.45) is 1.59. The van der Waals surface area contributed by atoms with Crippen LogP contribution in [0.5, 0.6) is 0 Å². The summed E-state index contributed by atoms with van der Waals surface area (Å²) in [5.41, 5.74) is -0.145. The summed E-state index contributed by atoms with van der Waals surface area (Å²) >= 11 is 5.90. The first-order valence-corrected chi connectivity index (χ1v) is 8.88. The number of hydrogen-bond donors (Lipinski definition) is 0. The monoisotopic (exact) mass is 406 g/mol. The Hall–Kier alpha value is -3.00. The van der Waals surface area contributed by atoms with Crippen LogP contribution in [0, 0.1) is 15.9 Å². The summed E-state index contributed by atoms with van der Waals surface area (Å²) in [5.74, 6) is -1.83. The molecule has 0 atom stereocenters. The predicted molar refractivity (Wildman–Crippen MR) is 98.4 cm³/mol. The molecule has 0 saturated heterocycles. The zero-order chi connectivity index (χ0) is 20.3. The van der Waals surface area contributed by atoms with E-state index in [9.17, 15) is 24.1 Å². The van der Waals surface area contributed by atoms with Crippen molar-refractivity contribution >= 4 is 29.2 Å². The molecule has 1 aliphatic rings. The molecule has 2 aromatic rings. The van der Waals surface area contributed by atoms with Crippen LogP contribution in [0.25, 0.3) is 0 Å². The van der Waals surface area contributed by atoms with Crippen LogP contribution in [0.2, 0.25) is 5.02 Å². The number of nitro benzene ring substituents is 1. The van der Waals surface area contributed by atoms with Gasteiger partial charge in [-0.1, -0.05) is 29.8 Å². The molecule has 0 radical (unpaired) electrons. The van der Waals surface area contributed by atoms with Crippen LogP contribution < -0.4 is 0 Å². The third kappa shape index (κ3) is 4.64. The number of hydrogen-bond acceptors (Lipinski definition) is 5. The smallest absolute Gasteiger partial charge is 0.340 e. The number of benzene rings is 2. The molecule has 2 aromatic carbocycles. The molecular formula is C19H16ClFN2O5. The highest BCUT2D eigenvalue weighted by molar-refractivity contribution is 6.33. The number of nitrogens with zero attached hydrogens (tertiary/aromatic N) is 2. The zero-order valence-electron chi connectivity index (χ0n) is 14.6. The maximum absolute atomic E-state index is 13.9. The number of rotatable bonds is 7. The molecule has 0 bridgehead atoms. The molecule has 1 amide bonds. The third-order valence-corrected chi connectivity index (χ3v) is 4.64. The fraction of sp³-hybridized carbons (Fsp3) is 0.263. The van der Waals surface area contributed by atoms with Gasteiger partial charge < -0.3 is 9.64 Å². The summed E-state index contributed by atoms with van der Waals surface area (Å²) in [6.45, 7) is -0.492. The number of esters is 1. The first-order valence-electron chi connectivity index (χ1n) is 8.50. The number of halogens is 2. The largest absolute Gasteiger partial charge is 0.452 e. The highest BCUT2D eigenvalue weighted by Gasteiger charge is 2.33. The second-order valence-electron chi connectivity index (χ2n) is 6.34. The molecule has 7 nitrogen and oxygen atoms in total. The van der Waals surface area contributed by atoms with Crippen molar-refractivity contribution in [2.45, 2.75) is 25.4 Å². The van der Waals surface area contributed by atoms with Crippen LogP contribution in [0.1, 0.15) is 28.8 Å². The molecule has 1 fully saturated rings. The Morgan fingerprint density at radius 3 is 2.61 bits per heavy atom. The van der Waals surface area contributed by atoms with Crippen molar-refractivity contribution in [3.63, 3.8) is 0 Å². The van der Waals surface area contributed by atoms with Gasteiger partial charge in [0.05, 0.1) is 15.5 Å². The van der Waals surface area contributed by atoms with Crippen molar-refractivity contribution in [3.05, 3.63) is 74.5 Å². The van der Waals surface area contributed by atoms with E-state index in [0.717, 1.165) is 25.0 Å². The molecule has 146 valence electrons. The van der Waals surface area contributed by atoms with Crippen molar-refractivity contribution in [2.75, 3.05) is 6.61 Å². The zero-order valence-corrected chi connectivity index (χ0v) is 15.4. The minimum atomic E-state index is -0.941. The quantitative estimate of drug-likeness (QED) is 0.397. The van der Waals surface area contributed by atoms with E-state index in [0.29, 0.717) is 5.56 Å². The van der Waals surface area contributed by atoms with E-state index < -0.39 is 29.2 Å². The lowest BCUT2D eigenvalue weighted by Crippen LogP contribution is -2.36. The first kappa shape index (κ1) is 19.8. The predicted octanol–water partition coefficient (Wildman–Crippen LogP) is 3.74. The van der Waals surface area contributed by atoms with Gasteiger partial charge >= 0.3 is 5.97 Å². The third-order valence-electron chi connectivity index (χ3n) is 4.31. The Morgan fingerprint density at radius 1 is 1.25 bits per heavy atom. The van der Waals surface area contributed by atoms with Crippen LogP contribution >= 0.6 is 11.6 Å². The Kier molecular flexibility index (Phi) is 5.89. The second-order valence-corrected chi connectivity index (χ2v) is 6.75. The maximum atomic E-state index is 13.9. The van der Waals surface area contributed by atoms with E-state index in [1.54, 1.807) is 18.2 Å². The van der Waals surface area contributed by atoms with Crippen LogP contribution in [0.15, 0.2) is 42.5 Å². The maximum Gasteiger partial charge on any atom is 0.340 e. The number of carbonyl (C=O) groups excluding carboxylic acids is 2. The van der Waals surface area contributed by atoms with Gasteiger partial charge in [-0.15, -0.1) is 0 Å². The molecule has 0 spiro atoms. The van der Waals surface area contributed by atoms with Crippen LogP contribution in [-0.4, -0.2) is 34.3 Å². The SMILES string of the molecule is O=C(OCC(=O)N(Cc1ccccc1F)C1CC1)c1cc([N+](=O)[O-])ccc1Cl. The number of amides is 1. The first-order chi connectivity index (χ1) is 13.4. The van der Waals surface area contributed by atoms with Gasteiger partial charge in [0, 0.05) is 30.3 Å². The van der Waals surface area contributed by atoms with Crippen LogP contribution in [0.3, 0.4) is 0 Å². The molecule has 0 aromatic heterocycles. The van der Waals surface area contributed by atoms with Crippen molar-refractivity contribution in [1.82, 2.24) is 4.90 Å². The van der Waals surface area contributed by atoms with Crippen LogP contribution in [-0.2, 0) is 16.1 Å². The molecule has 3 rings (SSSR count). The summed E-state index contributed by atoms with van der Waals surface area (Å²) in [4.78, 5) is 36.4. The van der Waals surface area contributed by atoms with Gasteiger partial charge in [-0.05, 0) is 25.0 Å². The summed E-state index contributed by atoms with van der Waals surface area (Å²) in [6, 6.07) is 9.49. The molecule has 0 unspecified atom stereocenters. The van der Waals surface area contributed by atoms with Gasteiger partial charge in [0.15, 0.2) is 6.61 Å². The Morgan fingerprint density at radius 2 is 1.96 bits per heavy atom. The molecule has 0 aliphatic heterocycles. The van der Waals surface area contributed by atoms with Gasteiger partial charge in [0.1, 0.15) is 5.82 Å². The Labute approximate surface area is 164 Å². The van der Waals surface area contributed by atoms with Gasteiger partial charge in [-0.2, -0.15) is 0 Å². The van der Waals surface area contributed by atoms with Crippen molar-refractivity contribution in [2.24, 2.45) is 0 Å². The lowest BCUT2D eigenvalue weighted by molar-refractivity contribution is -0.384. The van der Waals surface area contributed by atoms with Crippen molar-refractivity contribution in [3.8, 4) is 0 Å². The van der Waals surface area contributed by atoms with E-state index >= 15 is 0 Å². The number of non-ortho nitro benzene ring substituents is 1. The average Bonchev–Trinajstić information content (AvgIpc) is 3.50. The molecule has 1 saturated carbocycles. The molecular weight excluding hydrogens is 391 g/mol. The van der Waals surface area contributed by atoms with Gasteiger partial charge in [-0.3, -0.25) is 14.9 Å². The molecule has 28 heavy (non-hydrogen) atoms. The van der Waals surface area contributed by atoms with E-state index in [1.165, 1.54) is 17.0 Å². The summed E-state index contributed by atoms with van der Waals surface area (Å²) in [5, 5.41) is 10.8. The van der Waals surface area contributed by atoms with Gasteiger partial charge in [-0.25, -0.2) is 9.18 Å². The minimum absolute atomic E-state index is 0.0199. The fourth-order valence-corrected chi connectivity index (χ4v) is 2.88. The molecule has 0 heterocycles. The summed E-state index contributed by atoms with van der Waals surface area (Å²) < 4.78 is 18.9. The summed E-state index contributed by atoms with van der Waals surface area (Å²) in [7, 11) is 0. The fourth-order valence-electron chi connectivity index (χ4n) is 2.69. The van der Waals surface area contributed by atoms with E-state index in [1.807, 2.05) is 0 Å². The topological polar surface area (TPSA) is 89.8 Å². The van der Waals surface area contributed by atoms with Gasteiger partial charge in [0.2, 0.25) is 0 Å². The lowest BCUT2D eigenvalue weighted by atomic mass is 10.2. The number of carbonyl (C=O) groups is 2. The van der Waals surface area contributed by atoms with Crippen LogP contribution in [0.4, 0.5) is 10.1 Å². The number of nitro groups is 1. The Balaban J connectivity index is 1.66. The molecule has 0 N–H and O–H groups in total.